The minimum Gasteiger partial charge on any atom is -0.389 e. The largest absolute Gasteiger partial charge is 0.389 e. The molecule has 0 unspecified atom stereocenters. The molecule has 112 valence electrons. The summed E-state index contributed by atoms with van der Waals surface area (Å²) in [5.74, 6) is 0.335. The highest BCUT2D eigenvalue weighted by Gasteiger charge is 2.37. The van der Waals surface area contributed by atoms with Crippen LogP contribution in [0.15, 0.2) is 34.1 Å². The molecule has 0 bridgehead atoms. The maximum absolute atomic E-state index is 11.5. The van der Waals surface area contributed by atoms with Gasteiger partial charge < -0.3 is 15.3 Å². The molecule has 1 fully saturated rings. The highest BCUT2D eigenvalue weighted by molar-refractivity contribution is 8.17. The lowest BCUT2D eigenvalue weighted by Crippen LogP contribution is -2.47. The van der Waals surface area contributed by atoms with Crippen molar-refractivity contribution < 1.29 is 23.7 Å². The molecule has 20 heavy (non-hydrogen) atoms. The van der Waals surface area contributed by atoms with E-state index in [1.165, 1.54) is 29.6 Å². The second-order valence-electron chi connectivity index (χ2n) is 4.62. The Labute approximate surface area is 126 Å². The standard InChI is InChI=1S/C12H16O5S3/c1-20(16,17)8-4-2-3-7(5-8)19-12-11(15)10(14)9(13)6-18-12/h2-5,9-15H,6H2,1H3/t9-,10+,11-,12+/m1/s1. The summed E-state index contributed by atoms with van der Waals surface area (Å²) in [6, 6.07) is 6.46. The van der Waals surface area contributed by atoms with Gasteiger partial charge in [0.1, 0.15) is 12.2 Å². The average Bonchev–Trinajstić information content (AvgIpc) is 2.39. The summed E-state index contributed by atoms with van der Waals surface area (Å²) in [7, 11) is -3.27. The van der Waals surface area contributed by atoms with E-state index >= 15 is 0 Å². The first-order chi connectivity index (χ1) is 9.29. The fourth-order valence-electron chi connectivity index (χ4n) is 1.80. The van der Waals surface area contributed by atoms with Gasteiger partial charge in [0, 0.05) is 16.9 Å². The van der Waals surface area contributed by atoms with Crippen LogP contribution in [0.25, 0.3) is 0 Å². The van der Waals surface area contributed by atoms with Gasteiger partial charge in [0.2, 0.25) is 0 Å². The van der Waals surface area contributed by atoms with Crippen LogP contribution >= 0.6 is 23.5 Å². The third-order valence-corrected chi connectivity index (χ3v) is 6.93. The van der Waals surface area contributed by atoms with Gasteiger partial charge in [0.25, 0.3) is 0 Å². The lowest BCUT2D eigenvalue weighted by molar-refractivity contribution is -0.0474. The Morgan fingerprint density at radius 2 is 1.95 bits per heavy atom. The molecule has 0 radical (unpaired) electrons. The summed E-state index contributed by atoms with van der Waals surface area (Å²) in [6.45, 7) is 0. The zero-order chi connectivity index (χ0) is 14.9. The average molecular weight is 336 g/mol. The molecule has 0 saturated carbocycles. The van der Waals surface area contributed by atoms with Crippen molar-refractivity contribution in [3.05, 3.63) is 24.3 Å². The van der Waals surface area contributed by atoms with E-state index in [2.05, 4.69) is 0 Å². The molecule has 0 aromatic heterocycles. The third kappa shape index (κ3) is 3.69. The third-order valence-electron chi connectivity index (χ3n) is 2.94. The first-order valence-corrected chi connectivity index (χ1v) is 9.73. The second kappa shape index (κ2) is 6.25. The van der Waals surface area contributed by atoms with E-state index in [9.17, 15) is 23.7 Å². The van der Waals surface area contributed by atoms with Crippen LogP contribution in [0.4, 0.5) is 0 Å². The minimum atomic E-state index is -3.27. The lowest BCUT2D eigenvalue weighted by atomic mass is 10.1. The van der Waals surface area contributed by atoms with Crippen molar-refractivity contribution in [3.63, 3.8) is 0 Å². The molecular formula is C12H16O5S3. The van der Waals surface area contributed by atoms with Crippen molar-refractivity contribution in [3.8, 4) is 0 Å². The second-order valence-corrected chi connectivity index (χ2v) is 9.32. The quantitative estimate of drug-likeness (QED) is 0.732. The normalized spacial score (nSPS) is 31.2. The molecule has 1 heterocycles. The van der Waals surface area contributed by atoms with E-state index in [4.69, 9.17) is 0 Å². The summed E-state index contributed by atoms with van der Waals surface area (Å²) >= 11 is 2.63. The number of aliphatic hydroxyl groups excluding tert-OH is 3. The summed E-state index contributed by atoms with van der Waals surface area (Å²) < 4.78 is 22.7. The van der Waals surface area contributed by atoms with Gasteiger partial charge in [-0.1, -0.05) is 6.07 Å². The van der Waals surface area contributed by atoms with Crippen LogP contribution in [0, 0.1) is 0 Å². The molecule has 1 aliphatic heterocycles. The van der Waals surface area contributed by atoms with Gasteiger partial charge in [-0.25, -0.2) is 8.42 Å². The van der Waals surface area contributed by atoms with Crippen molar-refractivity contribution in [2.24, 2.45) is 0 Å². The first kappa shape index (κ1) is 16.1. The van der Waals surface area contributed by atoms with Gasteiger partial charge in [-0.3, -0.25) is 0 Å². The molecule has 1 aromatic rings. The van der Waals surface area contributed by atoms with E-state index in [1.54, 1.807) is 18.2 Å². The van der Waals surface area contributed by atoms with Crippen LogP contribution in [0.1, 0.15) is 0 Å². The first-order valence-electron chi connectivity index (χ1n) is 5.91. The zero-order valence-electron chi connectivity index (χ0n) is 10.7. The smallest absolute Gasteiger partial charge is 0.175 e. The van der Waals surface area contributed by atoms with Gasteiger partial charge in [0.05, 0.1) is 15.6 Å². The molecule has 0 aliphatic carbocycles. The molecule has 5 nitrogen and oxygen atoms in total. The van der Waals surface area contributed by atoms with E-state index in [0.29, 0.717) is 10.6 Å². The topological polar surface area (TPSA) is 94.8 Å². The number of sulfone groups is 1. The Hall–Kier alpha value is -0.250. The van der Waals surface area contributed by atoms with E-state index in [1.807, 2.05) is 0 Å². The Bertz CT molecular complexity index is 574. The Morgan fingerprint density at radius 3 is 2.60 bits per heavy atom. The number of aliphatic hydroxyl groups is 3. The molecule has 1 aliphatic rings. The predicted octanol–water partition coefficient (Wildman–Crippen LogP) is 0.338. The molecule has 1 aromatic carbocycles. The monoisotopic (exact) mass is 336 g/mol. The van der Waals surface area contributed by atoms with Crippen molar-refractivity contribution in [1.29, 1.82) is 0 Å². The molecular weight excluding hydrogens is 320 g/mol. The van der Waals surface area contributed by atoms with Crippen LogP contribution < -0.4 is 0 Å². The van der Waals surface area contributed by atoms with Crippen LogP contribution in [-0.2, 0) is 9.84 Å². The van der Waals surface area contributed by atoms with Crippen molar-refractivity contribution >= 4 is 33.4 Å². The van der Waals surface area contributed by atoms with Gasteiger partial charge >= 0.3 is 0 Å². The Kier molecular flexibility index (Phi) is 5.04. The Balaban J connectivity index is 2.14. The summed E-state index contributed by atoms with van der Waals surface area (Å²) in [4.78, 5) is 0.923. The minimum absolute atomic E-state index is 0.221. The maximum atomic E-state index is 11.5. The lowest BCUT2D eigenvalue weighted by Gasteiger charge is -2.34. The van der Waals surface area contributed by atoms with E-state index in [-0.39, 0.29) is 9.48 Å². The number of rotatable bonds is 3. The zero-order valence-corrected chi connectivity index (χ0v) is 13.2. The summed E-state index contributed by atoms with van der Waals surface area (Å²) in [6.07, 6.45) is -2.03. The summed E-state index contributed by atoms with van der Waals surface area (Å²) in [5.41, 5.74) is 0. The van der Waals surface area contributed by atoms with Crippen molar-refractivity contribution in [2.45, 2.75) is 32.7 Å². The van der Waals surface area contributed by atoms with Gasteiger partial charge in [-0.15, -0.1) is 23.5 Å². The summed E-state index contributed by atoms with van der Waals surface area (Å²) in [5, 5.41) is 29.0. The highest BCUT2D eigenvalue weighted by atomic mass is 32.2. The molecule has 0 amide bonds. The molecule has 3 N–H and O–H groups in total. The molecule has 2 rings (SSSR count). The van der Waals surface area contributed by atoms with Gasteiger partial charge in [-0.05, 0) is 18.2 Å². The van der Waals surface area contributed by atoms with Crippen LogP contribution in [0.3, 0.4) is 0 Å². The van der Waals surface area contributed by atoms with Crippen LogP contribution in [0.2, 0.25) is 0 Å². The number of benzene rings is 1. The molecule has 4 atom stereocenters. The van der Waals surface area contributed by atoms with Crippen LogP contribution in [-0.4, -0.2) is 58.6 Å². The van der Waals surface area contributed by atoms with Crippen LogP contribution in [0.5, 0.6) is 0 Å². The SMILES string of the molecule is CS(=O)(=O)c1cccc(S[C@@H]2SC[C@@H](O)[C@H](O)[C@H]2O)c1. The predicted molar refractivity (Wildman–Crippen MR) is 79.7 cm³/mol. The molecule has 0 spiro atoms. The Morgan fingerprint density at radius 1 is 1.25 bits per heavy atom. The number of hydrogen-bond acceptors (Lipinski definition) is 7. The van der Waals surface area contributed by atoms with Crippen molar-refractivity contribution in [1.82, 2.24) is 0 Å². The van der Waals surface area contributed by atoms with Gasteiger partial charge in [0.15, 0.2) is 9.84 Å². The van der Waals surface area contributed by atoms with Crippen molar-refractivity contribution in [2.75, 3.05) is 12.0 Å². The van der Waals surface area contributed by atoms with E-state index < -0.39 is 28.1 Å². The van der Waals surface area contributed by atoms with E-state index in [0.717, 1.165) is 6.26 Å². The van der Waals surface area contributed by atoms with Gasteiger partial charge in [-0.2, -0.15) is 0 Å². The molecule has 8 heteroatoms. The number of hydrogen-bond donors (Lipinski definition) is 3. The molecule has 1 saturated heterocycles. The highest BCUT2D eigenvalue weighted by Crippen LogP contribution is 2.38. The fraction of sp³-hybridized carbons (Fsp3) is 0.500. The fourth-order valence-corrected chi connectivity index (χ4v) is 5.24. The number of thioether (sulfide) groups is 2. The maximum Gasteiger partial charge on any atom is 0.175 e.